The van der Waals surface area contributed by atoms with Crippen LogP contribution in [-0.4, -0.2) is 29.8 Å². The lowest BCUT2D eigenvalue weighted by molar-refractivity contribution is -0.292. The molecule has 0 spiro atoms. The van der Waals surface area contributed by atoms with E-state index in [1.807, 2.05) is 0 Å². The molecule has 5 nitrogen and oxygen atoms in total. The number of halogens is 3. The van der Waals surface area contributed by atoms with Gasteiger partial charge in [-0.2, -0.15) is 13.2 Å². The van der Waals surface area contributed by atoms with Crippen molar-refractivity contribution in [1.29, 1.82) is 0 Å². The second-order valence-corrected chi connectivity index (χ2v) is 6.61. The molecule has 0 aromatic heterocycles. The van der Waals surface area contributed by atoms with Crippen LogP contribution < -0.4 is 5.43 Å². The zero-order chi connectivity index (χ0) is 16.6. The van der Waals surface area contributed by atoms with E-state index in [0.29, 0.717) is 6.42 Å². The number of sulfonamides is 1. The highest BCUT2D eigenvalue weighted by molar-refractivity contribution is 7.89. The van der Waals surface area contributed by atoms with Crippen molar-refractivity contribution in [2.45, 2.75) is 36.6 Å². The molecule has 9 heteroatoms. The molecule has 1 aromatic carbocycles. The largest absolute Gasteiger partial charge is 0.434 e. The van der Waals surface area contributed by atoms with Crippen LogP contribution in [0.25, 0.3) is 0 Å². The summed E-state index contributed by atoms with van der Waals surface area (Å²) in [5.41, 5.74) is -1.36. The van der Waals surface area contributed by atoms with E-state index in [9.17, 15) is 26.7 Å². The van der Waals surface area contributed by atoms with Crippen LogP contribution in [0, 0.1) is 0 Å². The van der Waals surface area contributed by atoms with Gasteiger partial charge in [-0.1, -0.05) is 35.6 Å². The van der Waals surface area contributed by atoms with E-state index in [1.54, 1.807) is 6.92 Å². The fraction of sp³-hybridized carbons (Fsp3) is 0.385. The van der Waals surface area contributed by atoms with Crippen LogP contribution in [0.15, 0.2) is 47.0 Å². The molecule has 0 radical (unpaired) electrons. The Hall–Kier alpha value is -1.58. The smallest absolute Gasteiger partial charge is 0.365 e. The van der Waals surface area contributed by atoms with Crippen molar-refractivity contribution >= 4 is 10.0 Å². The number of hydrazine groups is 1. The second kappa shape index (κ2) is 5.56. The van der Waals surface area contributed by atoms with E-state index >= 15 is 0 Å². The van der Waals surface area contributed by atoms with Crippen LogP contribution in [0.3, 0.4) is 0 Å². The molecule has 1 fully saturated rings. The number of benzene rings is 1. The minimum Gasteiger partial charge on any atom is -0.365 e. The van der Waals surface area contributed by atoms with E-state index in [-0.39, 0.29) is 15.0 Å². The molecule has 1 unspecified atom stereocenters. The predicted octanol–water partition coefficient (Wildman–Crippen LogP) is 2.13. The van der Waals surface area contributed by atoms with Crippen LogP contribution in [0.2, 0.25) is 0 Å². The van der Waals surface area contributed by atoms with E-state index in [1.165, 1.54) is 24.3 Å². The number of aliphatic hydroxyl groups is 1. The summed E-state index contributed by atoms with van der Waals surface area (Å²) >= 11 is 0. The number of nitrogens with zero attached hydrogens (tertiary/aromatic N) is 1. The van der Waals surface area contributed by atoms with E-state index in [2.05, 4.69) is 5.43 Å². The Morgan fingerprint density at radius 1 is 1.36 bits per heavy atom. The first-order valence-electron chi connectivity index (χ1n) is 6.48. The number of hydrogen-bond donors (Lipinski definition) is 2. The highest BCUT2D eigenvalue weighted by Gasteiger charge is 2.65. The number of rotatable bonds is 3. The molecule has 0 amide bonds. The second-order valence-electron chi connectivity index (χ2n) is 4.82. The lowest BCUT2D eigenvalue weighted by Crippen LogP contribution is -2.59. The van der Waals surface area contributed by atoms with Gasteiger partial charge in [0.2, 0.25) is 0 Å². The molecule has 1 heterocycles. The quantitative estimate of drug-likeness (QED) is 0.887. The first kappa shape index (κ1) is 16.8. The summed E-state index contributed by atoms with van der Waals surface area (Å²) in [5, 5.41) is 10.00. The van der Waals surface area contributed by atoms with Gasteiger partial charge in [-0.3, -0.25) is 0 Å². The van der Waals surface area contributed by atoms with Crippen LogP contribution >= 0.6 is 0 Å². The molecule has 1 atom stereocenters. The van der Waals surface area contributed by atoms with Gasteiger partial charge in [0.25, 0.3) is 15.7 Å². The number of hydrogen-bond acceptors (Lipinski definition) is 4. The van der Waals surface area contributed by atoms with Crippen molar-refractivity contribution in [1.82, 2.24) is 9.84 Å². The summed E-state index contributed by atoms with van der Waals surface area (Å²) in [4.78, 5) is -0.345. The molecule has 2 rings (SSSR count). The molecule has 0 saturated carbocycles. The maximum absolute atomic E-state index is 13.2. The van der Waals surface area contributed by atoms with Gasteiger partial charge < -0.3 is 10.5 Å². The molecular weight excluding hydrogens is 321 g/mol. The molecule has 1 aromatic rings. The maximum Gasteiger partial charge on any atom is 0.434 e. The van der Waals surface area contributed by atoms with Crippen molar-refractivity contribution < 1.29 is 26.7 Å². The summed E-state index contributed by atoms with van der Waals surface area (Å²) in [6.45, 7) is 1.69. The molecule has 0 bridgehead atoms. The van der Waals surface area contributed by atoms with Crippen LogP contribution in [-0.2, 0) is 10.0 Å². The Labute approximate surface area is 126 Å². The summed E-state index contributed by atoms with van der Waals surface area (Å²) < 4.78 is 64.4. The van der Waals surface area contributed by atoms with Crippen molar-refractivity contribution in [3.8, 4) is 0 Å². The Morgan fingerprint density at radius 2 is 1.95 bits per heavy atom. The van der Waals surface area contributed by atoms with Gasteiger partial charge in [0.15, 0.2) is 0 Å². The van der Waals surface area contributed by atoms with Gasteiger partial charge in [-0.15, -0.1) is 0 Å². The zero-order valence-electron chi connectivity index (χ0n) is 11.6. The maximum atomic E-state index is 13.2. The lowest BCUT2D eigenvalue weighted by Gasteiger charge is -2.32. The highest BCUT2D eigenvalue weighted by atomic mass is 32.2. The molecule has 1 aliphatic heterocycles. The first-order valence-corrected chi connectivity index (χ1v) is 7.92. The van der Waals surface area contributed by atoms with E-state index < -0.39 is 28.3 Å². The lowest BCUT2D eigenvalue weighted by atomic mass is 10.1. The van der Waals surface area contributed by atoms with Gasteiger partial charge in [0.05, 0.1) is 4.90 Å². The predicted molar refractivity (Wildman–Crippen MR) is 72.6 cm³/mol. The normalized spacial score (nSPS) is 25.4. The third-order valence-corrected chi connectivity index (χ3v) is 4.95. The average molecular weight is 336 g/mol. The molecular formula is C13H15F3N2O3S. The Morgan fingerprint density at radius 3 is 2.45 bits per heavy atom. The SMILES string of the molecule is CCC=C1CC(O)(C(F)(F)F)N(S(=O)(=O)c2ccccc2)N1. The van der Waals surface area contributed by atoms with Gasteiger partial charge in [-0.05, 0) is 18.6 Å². The van der Waals surface area contributed by atoms with Gasteiger partial charge in [0, 0.05) is 12.1 Å². The van der Waals surface area contributed by atoms with Gasteiger partial charge >= 0.3 is 6.18 Å². The number of alkyl halides is 3. The van der Waals surface area contributed by atoms with Crippen molar-refractivity contribution in [2.75, 3.05) is 0 Å². The highest BCUT2D eigenvalue weighted by Crippen LogP contribution is 2.43. The van der Waals surface area contributed by atoms with E-state index in [4.69, 9.17) is 0 Å². The summed E-state index contributed by atoms with van der Waals surface area (Å²) in [6, 6.07) is 6.64. The number of allylic oxidation sites excluding steroid dienone is 1. The minimum absolute atomic E-state index is 0.00170. The van der Waals surface area contributed by atoms with Crippen LogP contribution in [0.4, 0.5) is 13.2 Å². The third kappa shape index (κ3) is 2.71. The summed E-state index contributed by atoms with van der Waals surface area (Å²) in [5.74, 6) is 0. The van der Waals surface area contributed by atoms with Crippen LogP contribution in [0.1, 0.15) is 19.8 Å². The van der Waals surface area contributed by atoms with Gasteiger partial charge in [-0.25, -0.2) is 8.42 Å². The topological polar surface area (TPSA) is 69.6 Å². The Bertz CT molecular complexity index is 674. The van der Waals surface area contributed by atoms with Crippen molar-refractivity contribution in [3.63, 3.8) is 0 Å². The van der Waals surface area contributed by atoms with Crippen molar-refractivity contribution in [2.24, 2.45) is 0 Å². The first-order chi connectivity index (χ1) is 10.1. The fourth-order valence-corrected chi connectivity index (χ4v) is 3.65. The minimum atomic E-state index is -5.15. The van der Waals surface area contributed by atoms with Crippen LogP contribution in [0.5, 0.6) is 0 Å². The molecule has 0 aliphatic carbocycles. The standard InChI is InChI=1S/C13H15F3N2O3S/c1-2-6-10-9-12(19,13(14,15)16)18(17-10)22(20,21)11-7-4-3-5-8-11/h3-8,17,19H,2,9H2,1H3. The summed E-state index contributed by atoms with van der Waals surface area (Å²) in [7, 11) is -4.57. The monoisotopic (exact) mass is 336 g/mol. The van der Waals surface area contributed by atoms with Gasteiger partial charge in [0.1, 0.15) is 0 Å². The molecule has 1 saturated heterocycles. The summed E-state index contributed by atoms with van der Waals surface area (Å²) in [6.07, 6.45) is -4.23. The van der Waals surface area contributed by atoms with Crippen molar-refractivity contribution in [3.05, 3.63) is 42.1 Å². The molecule has 1 aliphatic rings. The zero-order valence-corrected chi connectivity index (χ0v) is 12.4. The third-order valence-electron chi connectivity index (χ3n) is 3.20. The molecule has 22 heavy (non-hydrogen) atoms. The molecule has 2 N–H and O–H groups in total. The molecule has 122 valence electrons. The average Bonchev–Trinajstić information content (AvgIpc) is 2.79. The number of nitrogens with one attached hydrogen (secondary N) is 1. The Kier molecular flexibility index (Phi) is 4.24. The Balaban J connectivity index is 2.54. The fourth-order valence-electron chi connectivity index (χ4n) is 2.14. The van der Waals surface area contributed by atoms with E-state index in [0.717, 1.165) is 12.1 Å².